The summed E-state index contributed by atoms with van der Waals surface area (Å²) in [5.74, 6) is 0. The number of aryl methyl sites for hydroxylation is 2. The average Bonchev–Trinajstić information content (AvgIpc) is 2.71. The second-order valence-electron chi connectivity index (χ2n) is 7.90. The molecule has 0 unspecified atom stereocenters. The zero-order valence-corrected chi connectivity index (χ0v) is 18.7. The first-order valence-corrected chi connectivity index (χ1v) is 10.9. The van der Waals surface area contributed by atoms with Crippen molar-refractivity contribution in [2.24, 2.45) is 0 Å². The van der Waals surface area contributed by atoms with Gasteiger partial charge in [-0.1, -0.05) is 42.0 Å². The molecule has 1 heterocycles. The SMILES string of the molecule is Cc1cccc(CN(CCCN2CCOCC2)C(=S)Nc2cccc(C)c2C)c1. The maximum absolute atomic E-state index is 5.84. The van der Waals surface area contributed by atoms with E-state index in [4.69, 9.17) is 17.0 Å². The monoisotopic (exact) mass is 411 g/mol. The van der Waals surface area contributed by atoms with Crippen LogP contribution >= 0.6 is 12.2 Å². The van der Waals surface area contributed by atoms with Crippen LogP contribution in [0.25, 0.3) is 0 Å². The smallest absolute Gasteiger partial charge is 0.173 e. The molecule has 4 nitrogen and oxygen atoms in total. The van der Waals surface area contributed by atoms with Crippen molar-refractivity contribution in [2.45, 2.75) is 33.7 Å². The summed E-state index contributed by atoms with van der Waals surface area (Å²) >= 11 is 5.84. The fourth-order valence-electron chi connectivity index (χ4n) is 3.67. The maximum Gasteiger partial charge on any atom is 0.173 e. The Morgan fingerprint density at radius 1 is 1.10 bits per heavy atom. The van der Waals surface area contributed by atoms with Gasteiger partial charge in [0.2, 0.25) is 0 Å². The lowest BCUT2D eigenvalue weighted by Gasteiger charge is -2.30. The summed E-state index contributed by atoms with van der Waals surface area (Å²) in [4.78, 5) is 4.78. The van der Waals surface area contributed by atoms with Gasteiger partial charge in [0, 0.05) is 38.4 Å². The first-order chi connectivity index (χ1) is 14.0. The Bertz CT molecular complexity index is 818. The highest BCUT2D eigenvalue weighted by atomic mass is 32.1. The van der Waals surface area contributed by atoms with Gasteiger partial charge < -0.3 is 15.0 Å². The van der Waals surface area contributed by atoms with E-state index in [9.17, 15) is 0 Å². The molecule has 0 atom stereocenters. The highest BCUT2D eigenvalue weighted by Gasteiger charge is 2.14. The minimum Gasteiger partial charge on any atom is -0.379 e. The van der Waals surface area contributed by atoms with E-state index in [0.29, 0.717) is 0 Å². The molecule has 2 aromatic rings. The predicted octanol–water partition coefficient (Wildman–Crippen LogP) is 4.53. The molecule has 1 aliphatic rings. The van der Waals surface area contributed by atoms with Gasteiger partial charge in [0.25, 0.3) is 0 Å². The van der Waals surface area contributed by atoms with Crippen LogP contribution in [0, 0.1) is 20.8 Å². The third-order valence-corrected chi connectivity index (χ3v) is 5.96. The number of nitrogens with zero attached hydrogens (tertiary/aromatic N) is 2. The van der Waals surface area contributed by atoms with Gasteiger partial charge in [-0.3, -0.25) is 4.90 Å². The summed E-state index contributed by atoms with van der Waals surface area (Å²) in [7, 11) is 0. The van der Waals surface area contributed by atoms with Crippen molar-refractivity contribution in [2.75, 3.05) is 44.7 Å². The van der Waals surface area contributed by atoms with E-state index in [0.717, 1.165) is 63.2 Å². The van der Waals surface area contributed by atoms with Gasteiger partial charge in [0.05, 0.1) is 13.2 Å². The van der Waals surface area contributed by atoms with Gasteiger partial charge in [-0.25, -0.2) is 0 Å². The van der Waals surface area contributed by atoms with E-state index in [-0.39, 0.29) is 0 Å². The zero-order chi connectivity index (χ0) is 20.6. The van der Waals surface area contributed by atoms with E-state index < -0.39 is 0 Å². The molecule has 1 aliphatic heterocycles. The minimum absolute atomic E-state index is 0.794. The second-order valence-corrected chi connectivity index (χ2v) is 8.28. The highest BCUT2D eigenvalue weighted by molar-refractivity contribution is 7.80. The Balaban J connectivity index is 1.66. The van der Waals surface area contributed by atoms with Gasteiger partial charge in [-0.05, 0) is 62.2 Å². The molecule has 0 aromatic heterocycles. The standard InChI is InChI=1S/C24H33N3OS/c1-19-7-4-9-22(17-19)18-27(12-6-11-26-13-15-28-16-14-26)24(29)25-23-10-5-8-20(2)21(23)3/h4-5,7-10,17H,6,11-16,18H2,1-3H3,(H,25,29). The molecule has 1 N–H and O–H groups in total. The maximum atomic E-state index is 5.84. The van der Waals surface area contributed by atoms with Crippen LogP contribution in [0.4, 0.5) is 5.69 Å². The van der Waals surface area contributed by atoms with Crippen molar-refractivity contribution in [1.82, 2.24) is 9.80 Å². The van der Waals surface area contributed by atoms with Crippen molar-refractivity contribution >= 4 is 23.0 Å². The molecule has 0 spiro atoms. The Hall–Kier alpha value is -1.95. The Kier molecular flexibility index (Phi) is 8.04. The number of benzene rings is 2. The first-order valence-electron chi connectivity index (χ1n) is 10.5. The molecular weight excluding hydrogens is 378 g/mol. The lowest BCUT2D eigenvalue weighted by Crippen LogP contribution is -2.40. The largest absolute Gasteiger partial charge is 0.379 e. The number of anilines is 1. The van der Waals surface area contributed by atoms with E-state index in [1.165, 1.54) is 22.3 Å². The van der Waals surface area contributed by atoms with Gasteiger partial charge in [-0.15, -0.1) is 0 Å². The third-order valence-electron chi connectivity index (χ3n) is 5.60. The summed E-state index contributed by atoms with van der Waals surface area (Å²) in [5, 5.41) is 4.29. The van der Waals surface area contributed by atoms with Gasteiger partial charge in [0.15, 0.2) is 5.11 Å². The van der Waals surface area contributed by atoms with Crippen LogP contribution in [0.15, 0.2) is 42.5 Å². The molecular formula is C24H33N3OS. The molecule has 3 rings (SSSR count). The second kappa shape index (κ2) is 10.7. The van der Waals surface area contributed by atoms with Crippen molar-refractivity contribution in [3.8, 4) is 0 Å². The number of nitrogens with one attached hydrogen (secondary N) is 1. The fraction of sp³-hybridized carbons (Fsp3) is 0.458. The Morgan fingerprint density at radius 3 is 2.62 bits per heavy atom. The van der Waals surface area contributed by atoms with E-state index >= 15 is 0 Å². The van der Waals surface area contributed by atoms with Crippen LogP contribution in [0.2, 0.25) is 0 Å². The molecule has 5 heteroatoms. The third kappa shape index (κ3) is 6.53. The molecule has 2 aromatic carbocycles. The zero-order valence-electron chi connectivity index (χ0n) is 17.9. The first kappa shape index (κ1) is 21.8. The quantitative estimate of drug-likeness (QED) is 0.676. The molecule has 0 aliphatic carbocycles. The van der Waals surface area contributed by atoms with Crippen molar-refractivity contribution in [3.63, 3.8) is 0 Å². The molecule has 0 radical (unpaired) electrons. The average molecular weight is 412 g/mol. The fourth-order valence-corrected chi connectivity index (χ4v) is 3.94. The van der Waals surface area contributed by atoms with Crippen LogP contribution in [0.1, 0.15) is 28.7 Å². The van der Waals surface area contributed by atoms with Crippen LogP contribution in [0.5, 0.6) is 0 Å². The number of morpholine rings is 1. The van der Waals surface area contributed by atoms with Gasteiger partial charge in [0.1, 0.15) is 0 Å². The van der Waals surface area contributed by atoms with Crippen molar-refractivity contribution in [3.05, 3.63) is 64.7 Å². The lowest BCUT2D eigenvalue weighted by molar-refractivity contribution is 0.0368. The summed E-state index contributed by atoms with van der Waals surface area (Å²) in [6.45, 7) is 13.0. The van der Waals surface area contributed by atoms with Crippen molar-refractivity contribution < 1.29 is 4.74 Å². The predicted molar refractivity (Wildman–Crippen MR) is 126 cm³/mol. The number of hydrogen-bond acceptors (Lipinski definition) is 3. The summed E-state index contributed by atoms with van der Waals surface area (Å²) < 4.78 is 5.46. The molecule has 0 amide bonds. The van der Waals surface area contributed by atoms with E-state index in [2.05, 4.69) is 78.4 Å². The summed E-state index contributed by atoms with van der Waals surface area (Å²) in [6, 6.07) is 15.0. The highest BCUT2D eigenvalue weighted by Crippen LogP contribution is 2.19. The number of hydrogen-bond donors (Lipinski definition) is 1. The minimum atomic E-state index is 0.794. The lowest BCUT2D eigenvalue weighted by atomic mass is 10.1. The van der Waals surface area contributed by atoms with E-state index in [1.54, 1.807) is 0 Å². The molecule has 1 fully saturated rings. The number of rotatable bonds is 7. The molecule has 0 bridgehead atoms. The summed E-state index contributed by atoms with van der Waals surface area (Å²) in [5.41, 5.74) is 6.19. The van der Waals surface area contributed by atoms with Crippen LogP contribution in [-0.4, -0.2) is 54.3 Å². The van der Waals surface area contributed by atoms with Crippen LogP contribution in [-0.2, 0) is 11.3 Å². The van der Waals surface area contributed by atoms with Crippen LogP contribution < -0.4 is 5.32 Å². The van der Waals surface area contributed by atoms with Crippen LogP contribution in [0.3, 0.4) is 0 Å². The number of thiocarbonyl (C=S) groups is 1. The molecule has 1 saturated heterocycles. The number of ether oxygens (including phenoxy) is 1. The normalized spacial score (nSPS) is 14.6. The Morgan fingerprint density at radius 2 is 1.86 bits per heavy atom. The van der Waals surface area contributed by atoms with Gasteiger partial charge >= 0.3 is 0 Å². The van der Waals surface area contributed by atoms with E-state index in [1.807, 2.05) is 0 Å². The van der Waals surface area contributed by atoms with Gasteiger partial charge in [-0.2, -0.15) is 0 Å². The topological polar surface area (TPSA) is 27.7 Å². The van der Waals surface area contributed by atoms with Crippen molar-refractivity contribution in [1.29, 1.82) is 0 Å². The Labute approximate surface area is 180 Å². The summed E-state index contributed by atoms with van der Waals surface area (Å²) in [6.07, 6.45) is 1.08. The molecule has 29 heavy (non-hydrogen) atoms. The molecule has 156 valence electrons. The molecule has 0 saturated carbocycles.